The van der Waals surface area contributed by atoms with E-state index in [4.69, 9.17) is 9.84 Å². The van der Waals surface area contributed by atoms with Gasteiger partial charge in [0.05, 0.1) is 0 Å². The molecule has 0 rings (SSSR count). The lowest BCUT2D eigenvalue weighted by molar-refractivity contribution is -0.155. The van der Waals surface area contributed by atoms with Crippen molar-refractivity contribution >= 4 is 11.9 Å². The first-order chi connectivity index (χ1) is 6.49. The highest BCUT2D eigenvalue weighted by Gasteiger charge is 2.19. The number of carbonyl (C=O) groups is 2. The van der Waals surface area contributed by atoms with Gasteiger partial charge < -0.3 is 15.2 Å². The highest BCUT2D eigenvalue weighted by molar-refractivity contribution is 5.81. The van der Waals surface area contributed by atoms with Crippen LogP contribution in [0.4, 0.5) is 0 Å². The van der Waals surface area contributed by atoms with Crippen molar-refractivity contribution in [1.29, 1.82) is 0 Å². The van der Waals surface area contributed by atoms with Crippen molar-refractivity contribution < 1.29 is 19.4 Å². The topological polar surface area (TPSA) is 75.6 Å². The summed E-state index contributed by atoms with van der Waals surface area (Å²) in [7, 11) is 0. The third kappa shape index (κ3) is 4.61. The molecule has 5 heteroatoms. The van der Waals surface area contributed by atoms with Crippen LogP contribution in [0.5, 0.6) is 0 Å². The van der Waals surface area contributed by atoms with Crippen LogP contribution in [0.15, 0.2) is 12.7 Å². The van der Waals surface area contributed by atoms with Crippen LogP contribution < -0.4 is 5.32 Å². The number of aliphatic carboxylic acids is 1. The Labute approximate surface area is 82.7 Å². The van der Waals surface area contributed by atoms with Gasteiger partial charge in [-0.05, 0) is 13.8 Å². The van der Waals surface area contributed by atoms with Crippen LogP contribution >= 0.6 is 0 Å². The SMILES string of the molecule is C=CCNC(=O)C(C)OC(C)C(=O)O. The summed E-state index contributed by atoms with van der Waals surface area (Å²) in [5.41, 5.74) is 0. The number of amides is 1. The first-order valence-electron chi connectivity index (χ1n) is 4.26. The fraction of sp³-hybridized carbons (Fsp3) is 0.556. The van der Waals surface area contributed by atoms with Gasteiger partial charge in [0.15, 0.2) is 6.10 Å². The van der Waals surface area contributed by atoms with Gasteiger partial charge in [-0.25, -0.2) is 4.79 Å². The summed E-state index contributed by atoms with van der Waals surface area (Å²) < 4.78 is 4.92. The highest BCUT2D eigenvalue weighted by atomic mass is 16.5. The predicted molar refractivity (Wildman–Crippen MR) is 50.9 cm³/mol. The van der Waals surface area contributed by atoms with E-state index in [-0.39, 0.29) is 5.91 Å². The monoisotopic (exact) mass is 201 g/mol. The Kier molecular flexibility index (Phi) is 5.55. The number of rotatable bonds is 6. The van der Waals surface area contributed by atoms with E-state index in [0.29, 0.717) is 6.54 Å². The minimum Gasteiger partial charge on any atom is -0.479 e. The van der Waals surface area contributed by atoms with Gasteiger partial charge >= 0.3 is 5.97 Å². The average Bonchev–Trinajstić information content (AvgIpc) is 2.13. The number of hydrogen-bond donors (Lipinski definition) is 2. The second-order valence-corrected chi connectivity index (χ2v) is 2.79. The van der Waals surface area contributed by atoms with E-state index in [1.54, 1.807) is 0 Å². The zero-order chi connectivity index (χ0) is 11.1. The lowest BCUT2D eigenvalue weighted by Gasteiger charge is -2.15. The summed E-state index contributed by atoms with van der Waals surface area (Å²) in [4.78, 5) is 21.6. The van der Waals surface area contributed by atoms with Gasteiger partial charge in [0, 0.05) is 6.54 Å². The Morgan fingerprint density at radius 2 is 2.07 bits per heavy atom. The number of nitrogens with one attached hydrogen (secondary N) is 1. The van der Waals surface area contributed by atoms with Crippen molar-refractivity contribution in [1.82, 2.24) is 5.32 Å². The molecule has 0 spiro atoms. The molecule has 0 aliphatic carbocycles. The second kappa shape index (κ2) is 6.15. The van der Waals surface area contributed by atoms with Crippen molar-refractivity contribution in [2.24, 2.45) is 0 Å². The molecule has 80 valence electrons. The molecule has 0 heterocycles. The van der Waals surface area contributed by atoms with Gasteiger partial charge in [0.25, 0.3) is 0 Å². The van der Waals surface area contributed by atoms with Gasteiger partial charge in [-0.15, -0.1) is 6.58 Å². The quantitative estimate of drug-likeness (QED) is 0.600. The van der Waals surface area contributed by atoms with Crippen LogP contribution in [0, 0.1) is 0 Å². The number of hydrogen-bond acceptors (Lipinski definition) is 3. The smallest absolute Gasteiger partial charge is 0.332 e. The summed E-state index contributed by atoms with van der Waals surface area (Å²) in [6.07, 6.45) is -0.230. The second-order valence-electron chi connectivity index (χ2n) is 2.79. The Balaban J connectivity index is 3.94. The average molecular weight is 201 g/mol. The minimum atomic E-state index is -1.09. The molecule has 2 unspecified atom stereocenters. The van der Waals surface area contributed by atoms with Gasteiger partial charge in [-0.1, -0.05) is 6.08 Å². The third-order valence-corrected chi connectivity index (χ3v) is 1.55. The van der Waals surface area contributed by atoms with E-state index in [1.807, 2.05) is 0 Å². The Morgan fingerprint density at radius 1 is 1.50 bits per heavy atom. The molecule has 0 radical (unpaired) electrons. The summed E-state index contributed by atoms with van der Waals surface area (Å²) in [5.74, 6) is -1.44. The molecule has 0 bridgehead atoms. The van der Waals surface area contributed by atoms with Crippen LogP contribution in [0.2, 0.25) is 0 Å². The van der Waals surface area contributed by atoms with E-state index in [0.717, 1.165) is 0 Å². The first kappa shape index (κ1) is 12.6. The molecule has 0 saturated carbocycles. The van der Waals surface area contributed by atoms with Crippen LogP contribution in [0.3, 0.4) is 0 Å². The molecule has 5 nitrogen and oxygen atoms in total. The number of ether oxygens (including phenoxy) is 1. The van der Waals surface area contributed by atoms with Crippen molar-refractivity contribution in [2.75, 3.05) is 6.54 Å². The maximum absolute atomic E-state index is 11.2. The van der Waals surface area contributed by atoms with E-state index in [2.05, 4.69) is 11.9 Å². The van der Waals surface area contributed by atoms with Gasteiger partial charge in [-0.3, -0.25) is 4.79 Å². The molecule has 2 atom stereocenters. The maximum atomic E-state index is 11.2. The third-order valence-electron chi connectivity index (χ3n) is 1.55. The standard InChI is InChI=1S/C9H15NO4/c1-4-5-10-8(11)6(2)14-7(3)9(12)13/h4,6-7H,1,5H2,2-3H3,(H,10,11)(H,12,13). The summed E-state index contributed by atoms with van der Waals surface area (Å²) >= 11 is 0. The molecular formula is C9H15NO4. The number of carboxylic acid groups (broad SMARTS) is 1. The molecular weight excluding hydrogens is 186 g/mol. The Morgan fingerprint density at radius 3 is 2.50 bits per heavy atom. The van der Waals surface area contributed by atoms with E-state index in [1.165, 1.54) is 19.9 Å². The van der Waals surface area contributed by atoms with Crippen molar-refractivity contribution in [3.05, 3.63) is 12.7 Å². The fourth-order valence-electron chi connectivity index (χ4n) is 0.743. The first-order valence-corrected chi connectivity index (χ1v) is 4.26. The molecule has 0 aliphatic heterocycles. The zero-order valence-corrected chi connectivity index (χ0v) is 8.32. The molecule has 0 saturated heterocycles. The maximum Gasteiger partial charge on any atom is 0.332 e. The lowest BCUT2D eigenvalue weighted by Crippen LogP contribution is -2.38. The van der Waals surface area contributed by atoms with Crippen molar-refractivity contribution in [3.8, 4) is 0 Å². The van der Waals surface area contributed by atoms with Crippen molar-refractivity contribution in [3.63, 3.8) is 0 Å². The summed E-state index contributed by atoms with van der Waals surface area (Å²) in [6.45, 7) is 6.65. The lowest BCUT2D eigenvalue weighted by atomic mass is 10.3. The predicted octanol–water partition coefficient (Wildman–Crippen LogP) is 0.167. The molecule has 0 fully saturated rings. The fourth-order valence-corrected chi connectivity index (χ4v) is 0.743. The van der Waals surface area contributed by atoms with E-state index < -0.39 is 18.2 Å². The summed E-state index contributed by atoms with van der Waals surface area (Å²) in [5, 5.41) is 11.0. The number of carbonyl (C=O) groups excluding carboxylic acids is 1. The molecule has 1 amide bonds. The van der Waals surface area contributed by atoms with Crippen LogP contribution in [-0.4, -0.2) is 35.7 Å². The number of carboxylic acids is 1. The van der Waals surface area contributed by atoms with Gasteiger partial charge in [0.1, 0.15) is 6.10 Å². The van der Waals surface area contributed by atoms with E-state index in [9.17, 15) is 9.59 Å². The normalized spacial score (nSPS) is 14.1. The van der Waals surface area contributed by atoms with Crippen LogP contribution in [0.25, 0.3) is 0 Å². The van der Waals surface area contributed by atoms with E-state index >= 15 is 0 Å². The molecule has 0 aliphatic rings. The molecule has 0 aromatic heterocycles. The molecule has 2 N–H and O–H groups in total. The Bertz CT molecular complexity index is 227. The largest absolute Gasteiger partial charge is 0.479 e. The Hall–Kier alpha value is -1.36. The zero-order valence-electron chi connectivity index (χ0n) is 8.32. The van der Waals surface area contributed by atoms with Crippen LogP contribution in [-0.2, 0) is 14.3 Å². The molecule has 0 aromatic rings. The molecule has 14 heavy (non-hydrogen) atoms. The van der Waals surface area contributed by atoms with Gasteiger partial charge in [-0.2, -0.15) is 0 Å². The van der Waals surface area contributed by atoms with Gasteiger partial charge in [0.2, 0.25) is 5.91 Å². The molecule has 0 aromatic carbocycles. The minimum absolute atomic E-state index is 0.341. The highest BCUT2D eigenvalue weighted by Crippen LogP contribution is 1.98. The van der Waals surface area contributed by atoms with Crippen LogP contribution in [0.1, 0.15) is 13.8 Å². The van der Waals surface area contributed by atoms with Crippen molar-refractivity contribution in [2.45, 2.75) is 26.1 Å². The summed E-state index contributed by atoms with van der Waals surface area (Å²) in [6, 6.07) is 0.